The van der Waals surface area contributed by atoms with E-state index in [4.69, 9.17) is 19.9 Å². The summed E-state index contributed by atoms with van der Waals surface area (Å²) in [6.07, 6.45) is 0.254. The number of fused-ring (bicyclic) bond motifs is 1. The van der Waals surface area contributed by atoms with Gasteiger partial charge in [-0.2, -0.15) is 0 Å². The first-order valence-corrected chi connectivity index (χ1v) is 6.23. The average molecular weight is 264 g/mol. The Morgan fingerprint density at radius 2 is 2.16 bits per heavy atom. The third-order valence-corrected chi connectivity index (χ3v) is 3.42. The zero-order valence-electron chi connectivity index (χ0n) is 10.7. The Labute approximate surface area is 111 Å². The zero-order chi connectivity index (χ0) is 13.4. The van der Waals surface area contributed by atoms with Crippen molar-refractivity contribution < 1.29 is 19.0 Å². The van der Waals surface area contributed by atoms with E-state index in [1.54, 1.807) is 24.1 Å². The van der Waals surface area contributed by atoms with Crippen LogP contribution in [0.1, 0.15) is 12.0 Å². The zero-order valence-corrected chi connectivity index (χ0v) is 10.7. The van der Waals surface area contributed by atoms with Crippen molar-refractivity contribution in [1.82, 2.24) is 4.90 Å². The minimum absolute atomic E-state index is 0.000591. The number of hydrogen-bond acceptors (Lipinski definition) is 5. The van der Waals surface area contributed by atoms with Crippen LogP contribution in [-0.4, -0.2) is 37.3 Å². The summed E-state index contributed by atoms with van der Waals surface area (Å²) in [4.78, 5) is 13.5. The predicted molar refractivity (Wildman–Crippen MR) is 67.1 cm³/mol. The van der Waals surface area contributed by atoms with Crippen molar-refractivity contribution in [2.45, 2.75) is 19.1 Å². The number of carbonyl (C=O) groups excluding carboxylic acids is 1. The molecular formula is C13H16N2O4. The molecule has 2 aliphatic heterocycles. The number of amides is 1. The van der Waals surface area contributed by atoms with Crippen LogP contribution in [0.2, 0.25) is 0 Å². The van der Waals surface area contributed by atoms with Gasteiger partial charge < -0.3 is 24.8 Å². The van der Waals surface area contributed by atoms with E-state index in [0.717, 1.165) is 5.56 Å². The van der Waals surface area contributed by atoms with Gasteiger partial charge in [0, 0.05) is 38.2 Å². The third kappa shape index (κ3) is 2.08. The summed E-state index contributed by atoms with van der Waals surface area (Å²) in [6, 6.07) is 3.55. The molecule has 1 atom stereocenters. The van der Waals surface area contributed by atoms with Gasteiger partial charge in [-0.05, 0) is 6.07 Å². The van der Waals surface area contributed by atoms with Crippen LogP contribution in [0.25, 0.3) is 0 Å². The lowest BCUT2D eigenvalue weighted by atomic mass is 10.1. The maximum atomic E-state index is 11.9. The first-order valence-electron chi connectivity index (χ1n) is 6.23. The molecule has 1 fully saturated rings. The van der Waals surface area contributed by atoms with Crippen molar-refractivity contribution in [2.24, 2.45) is 5.73 Å². The molecule has 0 aliphatic carbocycles. The third-order valence-electron chi connectivity index (χ3n) is 3.42. The highest BCUT2D eigenvalue weighted by Crippen LogP contribution is 2.38. The lowest BCUT2D eigenvalue weighted by molar-refractivity contribution is -0.132. The van der Waals surface area contributed by atoms with Crippen LogP contribution in [0, 0.1) is 0 Å². The molecule has 6 nitrogen and oxygen atoms in total. The van der Waals surface area contributed by atoms with Crippen LogP contribution in [0.4, 0.5) is 0 Å². The van der Waals surface area contributed by atoms with E-state index in [-0.39, 0.29) is 12.7 Å². The average Bonchev–Trinajstić information content (AvgIpc) is 2.99. The molecule has 1 saturated heterocycles. The highest BCUT2D eigenvalue weighted by Gasteiger charge is 2.31. The van der Waals surface area contributed by atoms with Crippen molar-refractivity contribution >= 4 is 5.91 Å². The molecule has 2 N–H and O–H groups in total. The van der Waals surface area contributed by atoms with E-state index in [1.807, 2.05) is 0 Å². The van der Waals surface area contributed by atoms with Gasteiger partial charge in [0.25, 0.3) is 5.91 Å². The smallest absolute Gasteiger partial charge is 0.263 e. The molecule has 0 spiro atoms. The first kappa shape index (κ1) is 12.1. The van der Waals surface area contributed by atoms with Gasteiger partial charge in [-0.3, -0.25) is 4.79 Å². The number of carbonyl (C=O) groups is 1. The SMILES string of the molecule is CN1CCC(Oc2cc3c(cc2CN)OCO3)C1=O. The summed E-state index contributed by atoms with van der Waals surface area (Å²) < 4.78 is 16.4. The molecule has 3 rings (SSSR count). The molecule has 1 unspecified atom stereocenters. The van der Waals surface area contributed by atoms with E-state index in [1.165, 1.54) is 0 Å². The number of likely N-dealkylation sites (N-methyl/N-ethyl adjacent to an activating group) is 1. The summed E-state index contributed by atoms with van der Waals surface area (Å²) in [7, 11) is 1.77. The Hall–Kier alpha value is -1.95. The standard InChI is InChI=1S/C13H16N2O4/c1-15-3-2-9(13(15)16)19-10-5-12-11(17-7-18-12)4-8(10)6-14/h4-5,9H,2-3,6-7,14H2,1H3. The van der Waals surface area contributed by atoms with E-state index in [2.05, 4.69) is 0 Å². The quantitative estimate of drug-likeness (QED) is 0.859. The molecule has 19 heavy (non-hydrogen) atoms. The summed E-state index contributed by atoms with van der Waals surface area (Å²) in [5, 5.41) is 0. The largest absolute Gasteiger partial charge is 0.480 e. The van der Waals surface area contributed by atoms with Crippen LogP contribution >= 0.6 is 0 Å². The van der Waals surface area contributed by atoms with Gasteiger partial charge in [-0.25, -0.2) is 0 Å². The van der Waals surface area contributed by atoms with Gasteiger partial charge in [0.15, 0.2) is 17.6 Å². The Morgan fingerprint density at radius 1 is 1.42 bits per heavy atom. The first-order chi connectivity index (χ1) is 9.19. The summed E-state index contributed by atoms with van der Waals surface area (Å²) >= 11 is 0. The molecule has 6 heteroatoms. The number of ether oxygens (including phenoxy) is 3. The number of nitrogens with zero attached hydrogens (tertiary/aromatic N) is 1. The van der Waals surface area contributed by atoms with Crippen molar-refractivity contribution in [2.75, 3.05) is 20.4 Å². The maximum Gasteiger partial charge on any atom is 0.263 e. The molecule has 1 amide bonds. The van der Waals surface area contributed by atoms with Crippen molar-refractivity contribution in [3.05, 3.63) is 17.7 Å². The second kappa shape index (κ2) is 4.62. The van der Waals surface area contributed by atoms with E-state index in [9.17, 15) is 4.79 Å². The van der Waals surface area contributed by atoms with Crippen molar-refractivity contribution in [3.8, 4) is 17.2 Å². The van der Waals surface area contributed by atoms with E-state index in [0.29, 0.717) is 36.8 Å². The lowest BCUT2D eigenvalue weighted by Gasteiger charge is -2.16. The molecule has 0 bridgehead atoms. The number of benzene rings is 1. The maximum absolute atomic E-state index is 11.9. The van der Waals surface area contributed by atoms with Crippen molar-refractivity contribution in [3.63, 3.8) is 0 Å². The van der Waals surface area contributed by atoms with Crippen LogP contribution in [-0.2, 0) is 11.3 Å². The molecule has 2 heterocycles. The fourth-order valence-corrected chi connectivity index (χ4v) is 2.29. The van der Waals surface area contributed by atoms with Crippen LogP contribution in [0.5, 0.6) is 17.2 Å². The normalized spacial score (nSPS) is 21.1. The van der Waals surface area contributed by atoms with E-state index < -0.39 is 6.10 Å². The summed E-state index contributed by atoms with van der Waals surface area (Å²) in [5.74, 6) is 1.90. The van der Waals surface area contributed by atoms with E-state index >= 15 is 0 Å². The van der Waals surface area contributed by atoms with Crippen LogP contribution in [0.15, 0.2) is 12.1 Å². The Morgan fingerprint density at radius 3 is 2.79 bits per heavy atom. The molecule has 2 aliphatic rings. The fraction of sp³-hybridized carbons (Fsp3) is 0.462. The summed E-state index contributed by atoms with van der Waals surface area (Å²) in [5.41, 5.74) is 6.52. The van der Waals surface area contributed by atoms with Gasteiger partial charge in [0.2, 0.25) is 6.79 Å². The highest BCUT2D eigenvalue weighted by molar-refractivity contribution is 5.83. The molecule has 0 aromatic heterocycles. The minimum Gasteiger partial charge on any atom is -0.480 e. The van der Waals surface area contributed by atoms with Crippen molar-refractivity contribution in [1.29, 1.82) is 0 Å². The number of hydrogen-bond donors (Lipinski definition) is 1. The molecular weight excluding hydrogens is 248 g/mol. The van der Waals surface area contributed by atoms with Crippen LogP contribution in [0.3, 0.4) is 0 Å². The number of nitrogens with two attached hydrogens (primary N) is 1. The Kier molecular flexibility index (Phi) is 2.94. The van der Waals surface area contributed by atoms with Gasteiger partial charge in [-0.15, -0.1) is 0 Å². The van der Waals surface area contributed by atoms with Crippen LogP contribution < -0.4 is 19.9 Å². The highest BCUT2D eigenvalue weighted by atomic mass is 16.7. The number of likely N-dealkylation sites (tertiary alicyclic amines) is 1. The van der Waals surface area contributed by atoms with Gasteiger partial charge in [0.1, 0.15) is 5.75 Å². The molecule has 102 valence electrons. The molecule has 0 radical (unpaired) electrons. The van der Waals surface area contributed by atoms with Gasteiger partial charge in [0.05, 0.1) is 0 Å². The second-order valence-corrected chi connectivity index (χ2v) is 4.67. The summed E-state index contributed by atoms with van der Waals surface area (Å²) in [6.45, 7) is 1.24. The molecule has 1 aromatic rings. The Balaban J connectivity index is 1.86. The minimum atomic E-state index is -0.435. The monoisotopic (exact) mass is 264 g/mol. The fourth-order valence-electron chi connectivity index (χ4n) is 2.29. The molecule has 1 aromatic carbocycles. The second-order valence-electron chi connectivity index (χ2n) is 4.67. The van der Waals surface area contributed by atoms with Gasteiger partial charge in [-0.1, -0.05) is 0 Å². The Bertz CT molecular complexity index is 518. The predicted octanol–water partition coefficient (Wildman–Crippen LogP) is 0.484. The van der Waals surface area contributed by atoms with Gasteiger partial charge >= 0.3 is 0 Å². The topological polar surface area (TPSA) is 74.0 Å². The lowest BCUT2D eigenvalue weighted by Crippen LogP contribution is -2.29. The molecule has 0 saturated carbocycles. The number of rotatable bonds is 3.